The van der Waals surface area contributed by atoms with Crippen molar-refractivity contribution in [2.75, 3.05) is 10.6 Å². The molecule has 4 nitrogen and oxygen atoms in total. The quantitative estimate of drug-likeness (QED) is 0.800. The summed E-state index contributed by atoms with van der Waals surface area (Å²) in [5, 5.41) is 6.50. The van der Waals surface area contributed by atoms with Gasteiger partial charge >= 0.3 is 6.03 Å². The molecule has 5 heteroatoms. The van der Waals surface area contributed by atoms with Gasteiger partial charge in [-0.3, -0.25) is 0 Å². The molecule has 0 aliphatic rings. The molecule has 19 heavy (non-hydrogen) atoms. The molecule has 0 atom stereocenters. The van der Waals surface area contributed by atoms with Crippen molar-refractivity contribution in [2.45, 2.75) is 6.54 Å². The number of hydrogen-bond donors (Lipinski definition) is 3. The smallest absolute Gasteiger partial charge is 0.316 e. The summed E-state index contributed by atoms with van der Waals surface area (Å²) in [6, 6.07) is 14.4. The van der Waals surface area contributed by atoms with Gasteiger partial charge in [-0.2, -0.15) is 0 Å². The summed E-state index contributed by atoms with van der Waals surface area (Å²) in [6.45, 7) is 0.684. The fraction of sp³-hybridized carbons (Fsp3) is 0.0714. The predicted molar refractivity (Wildman–Crippen MR) is 78.4 cm³/mol. The van der Waals surface area contributed by atoms with Crippen molar-refractivity contribution in [2.24, 2.45) is 5.73 Å². The van der Waals surface area contributed by atoms with Crippen LogP contribution in [0.25, 0.3) is 0 Å². The van der Waals surface area contributed by atoms with Crippen LogP contribution in [-0.2, 0) is 6.54 Å². The Morgan fingerprint density at radius 1 is 1.11 bits per heavy atom. The van der Waals surface area contributed by atoms with E-state index < -0.39 is 6.03 Å². The molecule has 0 fully saturated rings. The second kappa shape index (κ2) is 6.11. The van der Waals surface area contributed by atoms with Crippen molar-refractivity contribution < 1.29 is 4.79 Å². The highest BCUT2D eigenvalue weighted by Crippen LogP contribution is 2.16. The molecule has 0 unspecified atom stereocenters. The number of carbonyl (C=O) groups is 1. The molecule has 0 spiro atoms. The van der Waals surface area contributed by atoms with Gasteiger partial charge < -0.3 is 16.4 Å². The maximum absolute atomic E-state index is 10.7. The van der Waals surface area contributed by atoms with E-state index in [4.69, 9.17) is 17.3 Å². The fourth-order valence-corrected chi connectivity index (χ4v) is 1.88. The summed E-state index contributed by atoms with van der Waals surface area (Å²) in [4.78, 5) is 10.7. The van der Waals surface area contributed by atoms with Crippen molar-refractivity contribution in [1.29, 1.82) is 0 Å². The maximum Gasteiger partial charge on any atom is 0.316 e. The monoisotopic (exact) mass is 275 g/mol. The number of rotatable bonds is 4. The number of nitrogens with one attached hydrogen (secondary N) is 2. The van der Waals surface area contributed by atoms with Crippen molar-refractivity contribution in [3.05, 3.63) is 59.1 Å². The number of carbonyl (C=O) groups excluding carboxylic acids is 1. The molecular weight excluding hydrogens is 262 g/mol. The molecule has 0 bridgehead atoms. The number of primary amides is 1. The SMILES string of the molecule is NC(=O)Nc1ccc(NCc2cccc(Cl)c2)cc1. The standard InChI is InChI=1S/C14H14ClN3O/c15-11-3-1-2-10(8-11)9-17-12-4-6-13(7-5-12)18-14(16)19/h1-8,17H,9H2,(H3,16,18,19). The third kappa shape index (κ3) is 4.19. The van der Waals surface area contributed by atoms with Gasteiger partial charge in [0.1, 0.15) is 0 Å². The first-order chi connectivity index (χ1) is 9.13. The third-order valence-electron chi connectivity index (χ3n) is 2.54. The van der Waals surface area contributed by atoms with Gasteiger partial charge in [-0.1, -0.05) is 23.7 Å². The molecule has 0 saturated carbocycles. The van der Waals surface area contributed by atoms with E-state index >= 15 is 0 Å². The Morgan fingerprint density at radius 3 is 2.42 bits per heavy atom. The fourth-order valence-electron chi connectivity index (χ4n) is 1.66. The van der Waals surface area contributed by atoms with Crippen molar-refractivity contribution in [3.8, 4) is 0 Å². The first kappa shape index (κ1) is 13.2. The lowest BCUT2D eigenvalue weighted by Gasteiger charge is -2.08. The molecule has 2 aromatic rings. The molecule has 2 rings (SSSR count). The van der Waals surface area contributed by atoms with Crippen LogP contribution in [0.15, 0.2) is 48.5 Å². The average molecular weight is 276 g/mol. The molecule has 0 radical (unpaired) electrons. The highest BCUT2D eigenvalue weighted by atomic mass is 35.5. The summed E-state index contributed by atoms with van der Waals surface area (Å²) >= 11 is 5.92. The van der Waals surface area contributed by atoms with Crippen molar-refractivity contribution in [3.63, 3.8) is 0 Å². The van der Waals surface area contributed by atoms with Crippen LogP contribution in [-0.4, -0.2) is 6.03 Å². The van der Waals surface area contributed by atoms with Crippen LogP contribution in [0.5, 0.6) is 0 Å². The third-order valence-corrected chi connectivity index (χ3v) is 2.77. The summed E-state index contributed by atoms with van der Waals surface area (Å²) < 4.78 is 0. The van der Waals surface area contributed by atoms with Gasteiger partial charge in [-0.05, 0) is 42.0 Å². The second-order valence-corrected chi connectivity index (χ2v) is 4.49. The molecule has 2 amide bonds. The van der Waals surface area contributed by atoms with Gasteiger partial charge in [-0.15, -0.1) is 0 Å². The summed E-state index contributed by atoms with van der Waals surface area (Å²) in [7, 11) is 0. The van der Waals surface area contributed by atoms with Crippen LogP contribution in [0.4, 0.5) is 16.2 Å². The Labute approximate surface area is 116 Å². The van der Waals surface area contributed by atoms with E-state index in [0.717, 1.165) is 16.3 Å². The zero-order valence-electron chi connectivity index (χ0n) is 10.2. The van der Waals surface area contributed by atoms with E-state index in [1.807, 2.05) is 36.4 Å². The predicted octanol–water partition coefficient (Wildman–Crippen LogP) is 3.44. The van der Waals surface area contributed by atoms with Crippen LogP contribution in [0.2, 0.25) is 5.02 Å². The number of anilines is 2. The van der Waals surface area contributed by atoms with E-state index in [2.05, 4.69) is 10.6 Å². The number of hydrogen-bond acceptors (Lipinski definition) is 2. The number of benzene rings is 2. The number of nitrogens with two attached hydrogens (primary N) is 1. The van der Waals surface area contributed by atoms with Crippen LogP contribution in [0.3, 0.4) is 0 Å². The van der Waals surface area contributed by atoms with Gasteiger partial charge in [0, 0.05) is 22.9 Å². The zero-order chi connectivity index (χ0) is 13.7. The molecule has 0 aliphatic heterocycles. The normalized spacial score (nSPS) is 9.95. The summed E-state index contributed by atoms with van der Waals surface area (Å²) in [5.74, 6) is 0. The van der Waals surface area contributed by atoms with Gasteiger partial charge in [0.25, 0.3) is 0 Å². The first-order valence-corrected chi connectivity index (χ1v) is 6.16. The van der Waals surface area contributed by atoms with Gasteiger partial charge in [-0.25, -0.2) is 4.79 Å². The van der Waals surface area contributed by atoms with Crippen LogP contribution < -0.4 is 16.4 Å². The minimum Gasteiger partial charge on any atom is -0.381 e. The van der Waals surface area contributed by atoms with Gasteiger partial charge in [0.05, 0.1) is 0 Å². The molecule has 0 saturated heterocycles. The molecule has 98 valence electrons. The first-order valence-electron chi connectivity index (χ1n) is 5.78. The average Bonchev–Trinajstić information content (AvgIpc) is 2.37. The molecular formula is C14H14ClN3O. The number of amides is 2. The molecule has 0 aromatic heterocycles. The summed E-state index contributed by atoms with van der Waals surface area (Å²) in [6.07, 6.45) is 0. The minimum atomic E-state index is -0.570. The van der Waals surface area contributed by atoms with E-state index in [9.17, 15) is 4.79 Å². The molecule has 4 N–H and O–H groups in total. The highest BCUT2D eigenvalue weighted by molar-refractivity contribution is 6.30. The lowest BCUT2D eigenvalue weighted by molar-refractivity contribution is 0.259. The topological polar surface area (TPSA) is 67.2 Å². The second-order valence-electron chi connectivity index (χ2n) is 4.05. The maximum atomic E-state index is 10.7. The minimum absolute atomic E-state index is 0.570. The van der Waals surface area contributed by atoms with Crippen molar-refractivity contribution in [1.82, 2.24) is 0 Å². The largest absolute Gasteiger partial charge is 0.381 e. The Hall–Kier alpha value is -2.20. The van der Waals surface area contributed by atoms with Crippen LogP contribution >= 0.6 is 11.6 Å². The molecule has 0 heterocycles. The van der Waals surface area contributed by atoms with Gasteiger partial charge in [0.15, 0.2) is 0 Å². The van der Waals surface area contributed by atoms with Gasteiger partial charge in [0.2, 0.25) is 0 Å². The molecule has 2 aromatic carbocycles. The van der Waals surface area contributed by atoms with Crippen molar-refractivity contribution >= 4 is 29.0 Å². The van der Waals surface area contributed by atoms with Crippen LogP contribution in [0, 0.1) is 0 Å². The van der Waals surface area contributed by atoms with E-state index in [0.29, 0.717) is 12.2 Å². The van der Waals surface area contributed by atoms with E-state index in [1.54, 1.807) is 12.1 Å². The summed E-state index contributed by atoms with van der Waals surface area (Å²) in [5.41, 5.74) is 7.76. The Balaban J connectivity index is 1.94. The Morgan fingerprint density at radius 2 is 1.79 bits per heavy atom. The van der Waals surface area contributed by atoms with E-state index in [-0.39, 0.29) is 0 Å². The van der Waals surface area contributed by atoms with Crippen LogP contribution in [0.1, 0.15) is 5.56 Å². The Bertz CT molecular complexity index is 569. The zero-order valence-corrected chi connectivity index (χ0v) is 10.9. The molecule has 0 aliphatic carbocycles. The lowest BCUT2D eigenvalue weighted by Crippen LogP contribution is -2.19. The lowest BCUT2D eigenvalue weighted by atomic mass is 10.2. The highest BCUT2D eigenvalue weighted by Gasteiger charge is 1.98. The van der Waals surface area contributed by atoms with E-state index in [1.165, 1.54) is 0 Å². The Kier molecular flexibility index (Phi) is 4.26. The number of urea groups is 1. The number of halogens is 1.